The molecule has 0 aliphatic rings. The van der Waals surface area contributed by atoms with Crippen molar-refractivity contribution in [1.29, 1.82) is 0 Å². The Morgan fingerprint density at radius 3 is 1.00 bits per heavy atom. The van der Waals surface area contributed by atoms with E-state index in [1.54, 1.807) is 109 Å². The first-order valence-electron chi connectivity index (χ1n) is 12.0. The van der Waals surface area contributed by atoms with Crippen LogP contribution in [0, 0.1) is 0 Å². The van der Waals surface area contributed by atoms with Crippen molar-refractivity contribution in [3.8, 4) is 51.0 Å². The number of para-hydroxylation sites is 1. The van der Waals surface area contributed by atoms with E-state index in [4.69, 9.17) is 18.9 Å². The third-order valence-electron chi connectivity index (χ3n) is 5.64. The summed E-state index contributed by atoms with van der Waals surface area (Å²) in [5, 5.41) is 9.43. The van der Waals surface area contributed by atoms with Crippen molar-refractivity contribution >= 4 is 12.3 Å². The number of phenolic OH excluding ortho intramolecular Hbond substituents is 1. The minimum absolute atomic E-state index is 0.195. The topological polar surface area (TPSA) is 91.3 Å². The van der Waals surface area contributed by atoms with Crippen LogP contribution in [0.2, 0.25) is 0 Å². The Morgan fingerprint density at radius 2 is 0.667 bits per heavy atom. The molecule has 0 unspecified atom stereocenters. The van der Waals surface area contributed by atoms with Gasteiger partial charge in [-0.15, -0.1) is 0 Å². The molecule has 5 aromatic carbocycles. The number of hydrogen-bond donors (Lipinski definition) is 1. The zero-order valence-corrected chi connectivity index (χ0v) is 20.5. The zero-order valence-electron chi connectivity index (χ0n) is 20.5. The van der Waals surface area contributed by atoms with E-state index in [9.17, 15) is 14.7 Å². The molecule has 0 saturated heterocycles. The first-order valence-corrected chi connectivity index (χ1v) is 12.0. The predicted octanol–water partition coefficient (Wildman–Crippen LogP) is 7.88. The van der Waals surface area contributed by atoms with Crippen LogP contribution in [-0.2, 0) is 0 Å². The summed E-state index contributed by atoms with van der Waals surface area (Å²) in [5.74, 6) is 1.61. The Morgan fingerprint density at radius 1 is 0.385 bits per heavy atom. The predicted molar refractivity (Wildman–Crippen MR) is 145 cm³/mol. The summed E-state index contributed by atoms with van der Waals surface area (Å²) in [7, 11) is 0. The van der Waals surface area contributed by atoms with Gasteiger partial charge in [-0.2, -0.15) is 0 Å². The second kappa shape index (κ2) is 11.7. The van der Waals surface area contributed by atoms with Crippen LogP contribution in [0.25, 0.3) is 22.3 Å². The Bertz CT molecular complexity index is 1540. The lowest BCUT2D eigenvalue weighted by atomic mass is 10.1. The van der Waals surface area contributed by atoms with Gasteiger partial charge in [-0.25, -0.2) is 9.59 Å². The van der Waals surface area contributed by atoms with Crippen molar-refractivity contribution in [2.75, 3.05) is 0 Å². The molecule has 0 aliphatic heterocycles. The summed E-state index contributed by atoms with van der Waals surface area (Å²) in [6, 6.07) is 36.3. The van der Waals surface area contributed by atoms with E-state index in [1.165, 1.54) is 0 Å². The van der Waals surface area contributed by atoms with Gasteiger partial charge in [-0.3, -0.25) is 0 Å². The Balaban J connectivity index is 1.13. The quantitative estimate of drug-likeness (QED) is 0.181. The standard InChI is InChI=1S/C32H22O7/c33-26-14-6-22(7-15-26)23-8-16-29(17-9-23)38-32(35)39-30-20-12-25(13-21-30)24-10-18-28(19-11-24)37-31(34)36-27-4-2-1-3-5-27/h1-21,33H. The van der Waals surface area contributed by atoms with Crippen molar-refractivity contribution in [2.45, 2.75) is 0 Å². The molecule has 0 radical (unpaired) electrons. The molecule has 0 aromatic heterocycles. The van der Waals surface area contributed by atoms with E-state index in [1.807, 2.05) is 18.2 Å². The lowest BCUT2D eigenvalue weighted by Crippen LogP contribution is -2.13. The number of aromatic hydroxyl groups is 1. The molecule has 39 heavy (non-hydrogen) atoms. The molecule has 0 amide bonds. The summed E-state index contributed by atoms with van der Waals surface area (Å²) in [6.45, 7) is 0. The van der Waals surface area contributed by atoms with Crippen LogP contribution < -0.4 is 18.9 Å². The molecule has 7 nitrogen and oxygen atoms in total. The van der Waals surface area contributed by atoms with E-state index in [0.29, 0.717) is 23.0 Å². The number of ether oxygens (including phenoxy) is 4. The summed E-state index contributed by atoms with van der Waals surface area (Å²) in [4.78, 5) is 24.2. The zero-order chi connectivity index (χ0) is 27.0. The molecular weight excluding hydrogens is 496 g/mol. The van der Waals surface area contributed by atoms with E-state index in [2.05, 4.69) is 0 Å². The molecule has 1 N–H and O–H groups in total. The van der Waals surface area contributed by atoms with Crippen molar-refractivity contribution in [2.24, 2.45) is 0 Å². The highest BCUT2D eigenvalue weighted by Crippen LogP contribution is 2.27. The molecule has 5 rings (SSSR count). The fraction of sp³-hybridized carbons (Fsp3) is 0. The molecular formula is C32H22O7. The highest BCUT2D eigenvalue weighted by molar-refractivity contribution is 5.71. The lowest BCUT2D eigenvalue weighted by molar-refractivity contribution is 0.150. The molecule has 0 aliphatic carbocycles. The average Bonchev–Trinajstić information content (AvgIpc) is 2.95. The summed E-state index contributed by atoms with van der Waals surface area (Å²) < 4.78 is 20.9. The average molecular weight is 519 g/mol. The third-order valence-corrected chi connectivity index (χ3v) is 5.64. The van der Waals surface area contributed by atoms with E-state index in [0.717, 1.165) is 22.3 Å². The van der Waals surface area contributed by atoms with Gasteiger partial charge in [-0.1, -0.05) is 66.7 Å². The number of hydrogen-bond acceptors (Lipinski definition) is 7. The van der Waals surface area contributed by atoms with E-state index < -0.39 is 12.3 Å². The minimum atomic E-state index is -0.857. The lowest BCUT2D eigenvalue weighted by Gasteiger charge is -2.08. The first-order chi connectivity index (χ1) is 19.0. The molecule has 5 aromatic rings. The van der Waals surface area contributed by atoms with Gasteiger partial charge < -0.3 is 24.1 Å². The fourth-order valence-electron chi connectivity index (χ4n) is 3.72. The van der Waals surface area contributed by atoms with Crippen molar-refractivity contribution in [1.82, 2.24) is 0 Å². The number of carbonyl (C=O) groups is 2. The van der Waals surface area contributed by atoms with Crippen molar-refractivity contribution in [3.05, 3.63) is 127 Å². The molecule has 0 atom stereocenters. The molecule has 0 heterocycles. The van der Waals surface area contributed by atoms with Crippen molar-refractivity contribution in [3.63, 3.8) is 0 Å². The molecule has 0 spiro atoms. The number of benzene rings is 5. The van der Waals surface area contributed by atoms with Crippen LogP contribution in [0.4, 0.5) is 9.59 Å². The second-order valence-corrected chi connectivity index (χ2v) is 8.34. The van der Waals surface area contributed by atoms with Crippen LogP contribution in [-0.4, -0.2) is 17.4 Å². The second-order valence-electron chi connectivity index (χ2n) is 8.34. The summed E-state index contributed by atoms with van der Waals surface area (Å²) in [5.41, 5.74) is 3.59. The molecule has 0 saturated carbocycles. The molecule has 7 heteroatoms. The van der Waals surface area contributed by atoms with Gasteiger partial charge >= 0.3 is 12.3 Å². The highest BCUT2D eigenvalue weighted by atomic mass is 16.7. The smallest absolute Gasteiger partial charge is 0.508 e. The Labute approximate surface area is 224 Å². The fourth-order valence-corrected chi connectivity index (χ4v) is 3.72. The number of rotatable bonds is 6. The van der Waals surface area contributed by atoms with Gasteiger partial charge in [0.05, 0.1) is 0 Å². The number of phenols is 1. The summed E-state index contributed by atoms with van der Waals surface area (Å²) >= 11 is 0. The monoisotopic (exact) mass is 518 g/mol. The minimum Gasteiger partial charge on any atom is -0.508 e. The van der Waals surface area contributed by atoms with Crippen molar-refractivity contribution < 1.29 is 33.6 Å². The maximum absolute atomic E-state index is 12.2. The third kappa shape index (κ3) is 6.81. The SMILES string of the molecule is O=C(Oc1ccccc1)Oc1ccc(-c2ccc(OC(=O)Oc3ccc(-c4ccc(O)cc4)cc3)cc2)cc1. The maximum Gasteiger partial charge on any atom is 0.519 e. The summed E-state index contributed by atoms with van der Waals surface area (Å²) in [6.07, 6.45) is -1.68. The van der Waals surface area contributed by atoms with Gasteiger partial charge in [0.2, 0.25) is 0 Å². The van der Waals surface area contributed by atoms with Gasteiger partial charge in [0.25, 0.3) is 0 Å². The Kier molecular flexibility index (Phi) is 7.51. The normalized spacial score (nSPS) is 10.4. The Hall–Kier alpha value is -5.56. The largest absolute Gasteiger partial charge is 0.519 e. The molecule has 0 bridgehead atoms. The van der Waals surface area contributed by atoms with Gasteiger partial charge in [-0.05, 0) is 82.9 Å². The van der Waals surface area contributed by atoms with Gasteiger partial charge in [0.15, 0.2) is 0 Å². The maximum atomic E-state index is 12.2. The van der Waals surface area contributed by atoms with Crippen LogP contribution in [0.5, 0.6) is 28.7 Å². The first kappa shape index (κ1) is 25.1. The molecule has 0 fully saturated rings. The van der Waals surface area contributed by atoms with Gasteiger partial charge in [0, 0.05) is 0 Å². The van der Waals surface area contributed by atoms with Crippen LogP contribution >= 0.6 is 0 Å². The highest BCUT2D eigenvalue weighted by Gasteiger charge is 2.10. The van der Waals surface area contributed by atoms with Gasteiger partial charge in [0.1, 0.15) is 28.7 Å². The van der Waals surface area contributed by atoms with Crippen LogP contribution in [0.15, 0.2) is 127 Å². The van der Waals surface area contributed by atoms with E-state index >= 15 is 0 Å². The van der Waals surface area contributed by atoms with Crippen LogP contribution in [0.3, 0.4) is 0 Å². The number of carbonyl (C=O) groups excluding carboxylic acids is 2. The van der Waals surface area contributed by atoms with E-state index in [-0.39, 0.29) is 5.75 Å². The van der Waals surface area contributed by atoms with Crippen LogP contribution in [0.1, 0.15) is 0 Å². The molecule has 192 valence electrons.